The number of aliphatic hydroxyl groups is 2. The van der Waals surface area contributed by atoms with Gasteiger partial charge in [0.1, 0.15) is 0 Å². The van der Waals surface area contributed by atoms with Crippen molar-refractivity contribution in [2.24, 2.45) is 11.8 Å². The third-order valence-corrected chi connectivity index (χ3v) is 1.67. The van der Waals surface area contributed by atoms with Gasteiger partial charge in [-0.25, -0.2) is 0 Å². The van der Waals surface area contributed by atoms with E-state index in [0.29, 0.717) is 5.92 Å². The lowest BCUT2D eigenvalue weighted by Crippen LogP contribution is -2.11. The Bertz CT molecular complexity index is 67.7. The molecule has 0 aromatic rings. The molecule has 0 spiro atoms. The Balaban J connectivity index is 3.26. The van der Waals surface area contributed by atoms with Crippen LogP contribution in [-0.2, 0) is 0 Å². The lowest BCUT2D eigenvalue weighted by atomic mass is 9.99. The second kappa shape index (κ2) is 5.69. The normalized spacial score (nSPS) is 11.4. The van der Waals surface area contributed by atoms with Crippen molar-refractivity contribution in [3.05, 3.63) is 0 Å². The third-order valence-electron chi connectivity index (χ3n) is 1.67. The van der Waals surface area contributed by atoms with Gasteiger partial charge >= 0.3 is 0 Å². The molecule has 0 saturated heterocycles. The summed E-state index contributed by atoms with van der Waals surface area (Å²) in [6.45, 7) is 4.52. The van der Waals surface area contributed by atoms with E-state index in [9.17, 15) is 0 Å². The Hall–Kier alpha value is -0.0800. The Kier molecular flexibility index (Phi) is 5.64. The van der Waals surface area contributed by atoms with Gasteiger partial charge in [0.15, 0.2) is 0 Å². The molecule has 0 aliphatic heterocycles. The molecule has 0 rings (SSSR count). The van der Waals surface area contributed by atoms with Crippen molar-refractivity contribution in [3.8, 4) is 0 Å². The molecule has 2 nitrogen and oxygen atoms in total. The van der Waals surface area contributed by atoms with Crippen molar-refractivity contribution < 1.29 is 10.2 Å². The maximum atomic E-state index is 8.68. The Labute approximate surface area is 62.9 Å². The molecular formula is C8H18O2. The van der Waals surface area contributed by atoms with E-state index in [0.717, 1.165) is 12.8 Å². The van der Waals surface area contributed by atoms with Gasteiger partial charge in [0, 0.05) is 19.1 Å². The maximum Gasteiger partial charge on any atom is 0.0481 e. The SMILES string of the molecule is CC(C)CCC(CO)CO. The molecule has 0 aromatic heterocycles. The first-order valence-electron chi connectivity index (χ1n) is 3.92. The van der Waals surface area contributed by atoms with E-state index in [-0.39, 0.29) is 19.1 Å². The Morgan fingerprint density at radius 1 is 1.00 bits per heavy atom. The first-order chi connectivity index (χ1) is 4.70. The summed E-state index contributed by atoms with van der Waals surface area (Å²) < 4.78 is 0. The second-order valence-corrected chi connectivity index (χ2v) is 3.20. The summed E-state index contributed by atoms with van der Waals surface area (Å²) in [6, 6.07) is 0. The van der Waals surface area contributed by atoms with Crippen LogP contribution in [0.5, 0.6) is 0 Å². The van der Waals surface area contributed by atoms with E-state index in [1.807, 2.05) is 0 Å². The van der Waals surface area contributed by atoms with E-state index in [2.05, 4.69) is 13.8 Å². The summed E-state index contributed by atoms with van der Waals surface area (Å²) in [6.07, 6.45) is 2.02. The number of aliphatic hydroxyl groups excluding tert-OH is 2. The molecular weight excluding hydrogens is 128 g/mol. The predicted molar refractivity (Wildman–Crippen MR) is 41.7 cm³/mol. The molecule has 0 fully saturated rings. The first-order valence-corrected chi connectivity index (χ1v) is 3.92. The molecule has 2 N–H and O–H groups in total. The summed E-state index contributed by atoms with van der Waals surface area (Å²) in [5.41, 5.74) is 0. The lowest BCUT2D eigenvalue weighted by molar-refractivity contribution is 0.139. The first kappa shape index (κ1) is 9.92. The summed E-state index contributed by atoms with van der Waals surface area (Å²) in [5, 5.41) is 17.4. The van der Waals surface area contributed by atoms with Crippen LogP contribution in [0.1, 0.15) is 26.7 Å². The van der Waals surface area contributed by atoms with Gasteiger partial charge in [-0.2, -0.15) is 0 Å². The summed E-state index contributed by atoms with van der Waals surface area (Å²) in [7, 11) is 0. The number of hydrogen-bond acceptors (Lipinski definition) is 2. The van der Waals surface area contributed by atoms with Gasteiger partial charge in [-0.1, -0.05) is 20.3 Å². The van der Waals surface area contributed by atoms with Gasteiger partial charge in [0.2, 0.25) is 0 Å². The van der Waals surface area contributed by atoms with E-state index < -0.39 is 0 Å². The van der Waals surface area contributed by atoms with E-state index >= 15 is 0 Å². The summed E-state index contributed by atoms with van der Waals surface area (Å²) in [4.78, 5) is 0. The van der Waals surface area contributed by atoms with Crippen molar-refractivity contribution in [2.45, 2.75) is 26.7 Å². The van der Waals surface area contributed by atoms with Crippen LogP contribution in [0, 0.1) is 11.8 Å². The highest BCUT2D eigenvalue weighted by Gasteiger charge is 2.05. The average molecular weight is 146 g/mol. The second-order valence-electron chi connectivity index (χ2n) is 3.20. The zero-order valence-corrected chi connectivity index (χ0v) is 6.88. The molecule has 2 heteroatoms. The van der Waals surface area contributed by atoms with Gasteiger partial charge in [-0.05, 0) is 12.3 Å². The molecule has 62 valence electrons. The van der Waals surface area contributed by atoms with Crippen molar-refractivity contribution in [1.82, 2.24) is 0 Å². The zero-order valence-electron chi connectivity index (χ0n) is 6.88. The molecule has 0 radical (unpaired) electrons. The highest BCUT2D eigenvalue weighted by Crippen LogP contribution is 2.10. The summed E-state index contributed by atoms with van der Waals surface area (Å²) >= 11 is 0. The largest absolute Gasteiger partial charge is 0.396 e. The molecule has 0 aromatic carbocycles. The fourth-order valence-electron chi connectivity index (χ4n) is 0.809. The van der Waals surface area contributed by atoms with Gasteiger partial charge in [0.25, 0.3) is 0 Å². The fourth-order valence-corrected chi connectivity index (χ4v) is 0.809. The minimum atomic E-state index is 0.0994. The Morgan fingerprint density at radius 2 is 1.50 bits per heavy atom. The fraction of sp³-hybridized carbons (Fsp3) is 1.00. The van der Waals surface area contributed by atoms with Crippen molar-refractivity contribution >= 4 is 0 Å². The minimum Gasteiger partial charge on any atom is -0.396 e. The van der Waals surface area contributed by atoms with Crippen molar-refractivity contribution in [2.75, 3.05) is 13.2 Å². The maximum absolute atomic E-state index is 8.68. The molecule has 0 unspecified atom stereocenters. The molecule has 10 heavy (non-hydrogen) atoms. The smallest absolute Gasteiger partial charge is 0.0481 e. The van der Waals surface area contributed by atoms with E-state index in [4.69, 9.17) is 10.2 Å². The predicted octanol–water partition coefficient (Wildman–Crippen LogP) is 1.02. The minimum absolute atomic E-state index is 0.0994. The van der Waals surface area contributed by atoms with E-state index in [1.54, 1.807) is 0 Å². The Morgan fingerprint density at radius 3 is 1.80 bits per heavy atom. The highest BCUT2D eigenvalue weighted by molar-refractivity contribution is 4.56. The highest BCUT2D eigenvalue weighted by atomic mass is 16.3. The molecule has 0 bridgehead atoms. The van der Waals surface area contributed by atoms with Crippen LogP contribution < -0.4 is 0 Å². The summed E-state index contributed by atoms with van der Waals surface area (Å²) in [5.74, 6) is 0.767. The number of hydrogen-bond donors (Lipinski definition) is 2. The monoisotopic (exact) mass is 146 g/mol. The molecule has 0 amide bonds. The van der Waals surface area contributed by atoms with Crippen LogP contribution in [0.15, 0.2) is 0 Å². The molecule has 0 heterocycles. The molecule has 0 aliphatic carbocycles. The standard InChI is InChI=1S/C8H18O2/c1-7(2)3-4-8(5-9)6-10/h7-10H,3-6H2,1-2H3. The van der Waals surface area contributed by atoms with Gasteiger partial charge in [-0.15, -0.1) is 0 Å². The average Bonchev–Trinajstić information content (AvgIpc) is 1.90. The zero-order chi connectivity index (χ0) is 7.98. The van der Waals surface area contributed by atoms with Crippen LogP contribution in [0.2, 0.25) is 0 Å². The quantitative estimate of drug-likeness (QED) is 0.608. The third kappa shape index (κ3) is 4.77. The van der Waals surface area contributed by atoms with Gasteiger partial charge in [0.05, 0.1) is 0 Å². The molecule has 0 saturated carbocycles. The van der Waals surface area contributed by atoms with Crippen LogP contribution in [0.3, 0.4) is 0 Å². The van der Waals surface area contributed by atoms with Crippen LogP contribution in [0.4, 0.5) is 0 Å². The number of rotatable bonds is 5. The van der Waals surface area contributed by atoms with Crippen molar-refractivity contribution in [1.29, 1.82) is 0 Å². The van der Waals surface area contributed by atoms with Gasteiger partial charge in [-0.3, -0.25) is 0 Å². The van der Waals surface area contributed by atoms with Crippen LogP contribution in [-0.4, -0.2) is 23.4 Å². The van der Waals surface area contributed by atoms with Crippen molar-refractivity contribution in [3.63, 3.8) is 0 Å². The molecule has 0 atom stereocenters. The topological polar surface area (TPSA) is 40.5 Å². The van der Waals surface area contributed by atoms with Gasteiger partial charge < -0.3 is 10.2 Å². The molecule has 0 aliphatic rings. The van der Waals surface area contributed by atoms with E-state index in [1.165, 1.54) is 0 Å². The van der Waals surface area contributed by atoms with Crippen LogP contribution >= 0.6 is 0 Å². The van der Waals surface area contributed by atoms with Crippen LogP contribution in [0.25, 0.3) is 0 Å². The lowest BCUT2D eigenvalue weighted by Gasteiger charge is -2.11.